The topological polar surface area (TPSA) is 48.0 Å². The normalized spacial score (nSPS) is 22.0. The van der Waals surface area contributed by atoms with Gasteiger partial charge in [-0.25, -0.2) is 0 Å². The minimum absolute atomic E-state index is 0.104. The Labute approximate surface area is 82.2 Å². The number of morpholine rings is 1. The molecule has 2 aliphatic heterocycles. The Kier molecular flexibility index (Phi) is 2.88. The lowest BCUT2D eigenvalue weighted by molar-refractivity contribution is -0.136. The average molecular weight is 199 g/mol. The van der Waals surface area contributed by atoms with Crippen LogP contribution in [0.3, 0.4) is 0 Å². The van der Waals surface area contributed by atoms with Gasteiger partial charge in [-0.05, 0) is 0 Å². The summed E-state index contributed by atoms with van der Waals surface area (Å²) in [5, 5.41) is 0. The van der Waals surface area contributed by atoms with Gasteiger partial charge >= 0.3 is 0 Å². The van der Waals surface area contributed by atoms with Gasteiger partial charge in [0.2, 0.25) is 5.76 Å². The Morgan fingerprint density at radius 2 is 2.00 bits per heavy atom. The number of nitrogens with zero attached hydrogens (tertiary/aromatic N) is 1. The first kappa shape index (κ1) is 9.33. The van der Waals surface area contributed by atoms with Gasteiger partial charge in [-0.15, -0.1) is 0 Å². The number of hydrogen-bond donors (Lipinski definition) is 0. The van der Waals surface area contributed by atoms with Crippen LogP contribution in [0.1, 0.15) is 0 Å². The molecule has 1 saturated heterocycles. The van der Waals surface area contributed by atoms with Gasteiger partial charge in [0.15, 0.2) is 0 Å². The molecule has 5 heteroatoms. The van der Waals surface area contributed by atoms with Crippen molar-refractivity contribution in [2.75, 3.05) is 39.5 Å². The molecule has 0 N–H and O–H groups in total. The molecule has 2 heterocycles. The molecule has 2 rings (SSSR count). The van der Waals surface area contributed by atoms with Crippen molar-refractivity contribution < 1.29 is 19.0 Å². The Morgan fingerprint density at radius 1 is 1.21 bits per heavy atom. The molecule has 5 nitrogen and oxygen atoms in total. The smallest absolute Gasteiger partial charge is 0.292 e. The van der Waals surface area contributed by atoms with Crippen molar-refractivity contribution in [2.24, 2.45) is 0 Å². The summed E-state index contributed by atoms with van der Waals surface area (Å²) in [4.78, 5) is 13.5. The fourth-order valence-corrected chi connectivity index (χ4v) is 1.40. The van der Waals surface area contributed by atoms with Crippen LogP contribution in [0.2, 0.25) is 0 Å². The molecule has 1 amide bonds. The second-order valence-corrected chi connectivity index (χ2v) is 3.11. The van der Waals surface area contributed by atoms with Gasteiger partial charge in [-0.1, -0.05) is 0 Å². The summed E-state index contributed by atoms with van der Waals surface area (Å²) in [7, 11) is 0. The molecule has 14 heavy (non-hydrogen) atoms. The number of rotatable bonds is 1. The first-order chi connectivity index (χ1) is 6.88. The maximum Gasteiger partial charge on any atom is 0.292 e. The molecule has 0 saturated carbocycles. The zero-order valence-corrected chi connectivity index (χ0v) is 7.90. The van der Waals surface area contributed by atoms with E-state index in [2.05, 4.69) is 0 Å². The van der Waals surface area contributed by atoms with Gasteiger partial charge < -0.3 is 19.1 Å². The van der Waals surface area contributed by atoms with Crippen LogP contribution >= 0.6 is 0 Å². The lowest BCUT2D eigenvalue weighted by Crippen LogP contribution is -2.42. The second-order valence-electron chi connectivity index (χ2n) is 3.11. The van der Waals surface area contributed by atoms with E-state index in [4.69, 9.17) is 14.2 Å². The van der Waals surface area contributed by atoms with Gasteiger partial charge in [0.05, 0.1) is 13.2 Å². The second kappa shape index (κ2) is 4.32. The van der Waals surface area contributed by atoms with Gasteiger partial charge in [0.1, 0.15) is 19.5 Å². The molecule has 0 aliphatic carbocycles. The summed E-state index contributed by atoms with van der Waals surface area (Å²) >= 11 is 0. The Morgan fingerprint density at radius 3 is 2.64 bits per heavy atom. The predicted molar refractivity (Wildman–Crippen MR) is 47.4 cm³/mol. The molecule has 0 aromatic rings. The van der Waals surface area contributed by atoms with E-state index in [1.165, 1.54) is 6.26 Å². The molecule has 0 bridgehead atoms. The van der Waals surface area contributed by atoms with Crippen LogP contribution in [0.25, 0.3) is 0 Å². The van der Waals surface area contributed by atoms with E-state index >= 15 is 0 Å². The van der Waals surface area contributed by atoms with E-state index < -0.39 is 0 Å². The highest BCUT2D eigenvalue weighted by Gasteiger charge is 2.23. The number of ether oxygens (including phenoxy) is 3. The van der Waals surface area contributed by atoms with Crippen molar-refractivity contribution >= 4 is 5.91 Å². The molecule has 0 aromatic heterocycles. The fourth-order valence-electron chi connectivity index (χ4n) is 1.40. The van der Waals surface area contributed by atoms with Gasteiger partial charge in [-0.3, -0.25) is 4.79 Å². The van der Waals surface area contributed by atoms with Gasteiger partial charge in [0, 0.05) is 13.1 Å². The molecular weight excluding hydrogens is 186 g/mol. The van der Waals surface area contributed by atoms with Crippen molar-refractivity contribution in [3.05, 3.63) is 12.0 Å². The number of carbonyl (C=O) groups excluding carboxylic acids is 1. The van der Waals surface area contributed by atoms with Crippen LogP contribution in [0.15, 0.2) is 12.0 Å². The van der Waals surface area contributed by atoms with Gasteiger partial charge in [0.25, 0.3) is 5.91 Å². The zero-order chi connectivity index (χ0) is 9.80. The first-order valence-electron chi connectivity index (χ1n) is 4.69. The average Bonchev–Trinajstić information content (AvgIpc) is 2.30. The summed E-state index contributed by atoms with van der Waals surface area (Å²) in [5.74, 6) is 0.200. The SMILES string of the molecule is O=C(C1=COCCO1)N1CCOCC1. The molecule has 2 aliphatic rings. The molecule has 0 radical (unpaired) electrons. The van der Waals surface area contributed by atoms with Crippen molar-refractivity contribution in [3.8, 4) is 0 Å². The monoisotopic (exact) mass is 199 g/mol. The predicted octanol–water partition coefficient (Wildman–Crippen LogP) is -0.267. The van der Waals surface area contributed by atoms with Crippen LogP contribution in [-0.4, -0.2) is 50.3 Å². The quantitative estimate of drug-likeness (QED) is 0.583. The molecule has 0 unspecified atom stereocenters. The van der Waals surface area contributed by atoms with Crippen molar-refractivity contribution in [1.82, 2.24) is 4.90 Å². The summed E-state index contributed by atoms with van der Waals surface area (Å²) in [6.07, 6.45) is 1.39. The summed E-state index contributed by atoms with van der Waals surface area (Å²) in [6.45, 7) is 3.40. The largest absolute Gasteiger partial charge is 0.494 e. The van der Waals surface area contributed by atoms with Crippen LogP contribution in [0, 0.1) is 0 Å². The van der Waals surface area contributed by atoms with Crippen molar-refractivity contribution in [1.29, 1.82) is 0 Å². The van der Waals surface area contributed by atoms with E-state index in [1.54, 1.807) is 4.90 Å². The Bertz CT molecular complexity index is 245. The number of hydrogen-bond acceptors (Lipinski definition) is 4. The minimum atomic E-state index is -0.104. The van der Waals surface area contributed by atoms with Crippen LogP contribution in [0.4, 0.5) is 0 Å². The van der Waals surface area contributed by atoms with Crippen LogP contribution in [0.5, 0.6) is 0 Å². The first-order valence-corrected chi connectivity index (χ1v) is 4.69. The fraction of sp³-hybridized carbons (Fsp3) is 0.667. The third kappa shape index (κ3) is 1.98. The molecule has 0 aromatic carbocycles. The Balaban J connectivity index is 1.95. The molecule has 0 spiro atoms. The lowest BCUT2D eigenvalue weighted by atomic mass is 10.3. The maximum atomic E-state index is 11.8. The molecular formula is C9H13NO4. The van der Waals surface area contributed by atoms with E-state index in [0.717, 1.165) is 0 Å². The molecule has 78 valence electrons. The summed E-state index contributed by atoms with van der Waals surface area (Å²) in [5.41, 5.74) is 0. The van der Waals surface area contributed by atoms with Gasteiger partial charge in [-0.2, -0.15) is 0 Å². The minimum Gasteiger partial charge on any atom is -0.494 e. The zero-order valence-electron chi connectivity index (χ0n) is 7.90. The van der Waals surface area contributed by atoms with E-state index in [1.807, 2.05) is 0 Å². The third-order valence-corrected chi connectivity index (χ3v) is 2.16. The van der Waals surface area contributed by atoms with E-state index in [9.17, 15) is 4.79 Å². The molecule has 0 atom stereocenters. The molecule has 1 fully saturated rings. The number of amides is 1. The van der Waals surface area contributed by atoms with E-state index in [-0.39, 0.29) is 5.91 Å². The summed E-state index contributed by atoms with van der Waals surface area (Å²) < 4.78 is 15.4. The van der Waals surface area contributed by atoms with Crippen LogP contribution in [-0.2, 0) is 19.0 Å². The third-order valence-electron chi connectivity index (χ3n) is 2.16. The van der Waals surface area contributed by atoms with Crippen molar-refractivity contribution in [3.63, 3.8) is 0 Å². The van der Waals surface area contributed by atoms with Crippen LogP contribution < -0.4 is 0 Å². The number of carbonyl (C=O) groups is 1. The maximum absolute atomic E-state index is 11.8. The van der Waals surface area contributed by atoms with Crippen molar-refractivity contribution in [2.45, 2.75) is 0 Å². The van der Waals surface area contributed by atoms with E-state index in [0.29, 0.717) is 45.3 Å². The highest BCUT2D eigenvalue weighted by atomic mass is 16.6. The summed E-state index contributed by atoms with van der Waals surface area (Å²) in [6, 6.07) is 0. The standard InChI is InChI=1S/C9H13NO4/c11-9(8-7-13-5-6-14-8)10-1-3-12-4-2-10/h7H,1-6H2. The highest BCUT2D eigenvalue weighted by molar-refractivity contribution is 5.91. The Hall–Kier alpha value is -1.23. The highest BCUT2D eigenvalue weighted by Crippen LogP contribution is 2.09. The lowest BCUT2D eigenvalue weighted by Gasteiger charge is -2.28.